The lowest BCUT2D eigenvalue weighted by atomic mass is 9.90. The summed E-state index contributed by atoms with van der Waals surface area (Å²) >= 11 is 0. The molecule has 2 unspecified atom stereocenters. The Morgan fingerprint density at radius 2 is 0.960 bits per heavy atom. The number of rotatable bonds is 28. The van der Waals surface area contributed by atoms with Gasteiger partial charge in [0, 0.05) is 6.61 Å². The van der Waals surface area contributed by atoms with Gasteiger partial charge in [-0.15, -0.1) is 0 Å². The molecule has 0 bridgehead atoms. The maximum absolute atomic E-state index is 12.9. The molecule has 0 heterocycles. The van der Waals surface area contributed by atoms with E-state index in [9.17, 15) is 4.79 Å². The largest absolute Gasteiger partial charge is 0.423 e. The molecule has 0 saturated carbocycles. The van der Waals surface area contributed by atoms with Crippen LogP contribution >= 0.6 is 0 Å². The molecule has 276 valence electrons. The first-order chi connectivity index (χ1) is 24.5. The summed E-state index contributed by atoms with van der Waals surface area (Å²) in [6, 6.07) is 24.4. The predicted molar refractivity (Wildman–Crippen MR) is 214 cm³/mol. The number of ether oxygens (including phenoxy) is 2. The quantitative estimate of drug-likeness (QED) is 0.0434. The molecule has 0 radical (unpaired) electrons. The summed E-state index contributed by atoms with van der Waals surface area (Å²) in [5, 5.41) is 0. The van der Waals surface area contributed by atoms with Crippen LogP contribution in [0.2, 0.25) is 0 Å². The van der Waals surface area contributed by atoms with Crippen LogP contribution in [0, 0.1) is 0 Å². The zero-order valence-corrected chi connectivity index (χ0v) is 32.4. The minimum Gasteiger partial charge on any atom is -0.423 e. The molecule has 3 nitrogen and oxygen atoms in total. The smallest absolute Gasteiger partial charge is 0.343 e. The third kappa shape index (κ3) is 16.4. The lowest BCUT2D eigenvalue weighted by Crippen LogP contribution is -2.08. The predicted octanol–water partition coefficient (Wildman–Crippen LogP) is 15.0. The molecule has 3 aromatic rings. The lowest BCUT2D eigenvalue weighted by molar-refractivity contribution is 0.0627. The highest BCUT2D eigenvalue weighted by Crippen LogP contribution is 2.29. The van der Waals surface area contributed by atoms with Crippen molar-refractivity contribution in [3.8, 4) is 16.9 Å². The Morgan fingerprint density at radius 1 is 0.500 bits per heavy atom. The monoisotopic (exact) mass is 683 g/mol. The van der Waals surface area contributed by atoms with Crippen LogP contribution in [-0.2, 0) is 4.74 Å². The molecule has 50 heavy (non-hydrogen) atoms. The molecule has 0 N–H and O–H groups in total. The van der Waals surface area contributed by atoms with E-state index >= 15 is 0 Å². The molecular weight excluding hydrogens is 613 g/mol. The maximum Gasteiger partial charge on any atom is 0.343 e. The fourth-order valence-electron chi connectivity index (χ4n) is 7.00. The molecule has 3 aromatic carbocycles. The van der Waals surface area contributed by atoms with Gasteiger partial charge in [0.25, 0.3) is 0 Å². The van der Waals surface area contributed by atoms with Crippen molar-refractivity contribution in [2.24, 2.45) is 0 Å². The standard InChI is InChI=1S/C47H70O3/c1-5-8-10-11-12-13-14-15-16-17-18-19-20-21-22-23-38-49-39(4)40-26-28-42(29-27-40)43-30-32-45(33-31-43)47(48)50-46-36-34-44(35-37-46)41(24-7-3)25-9-6-2/h26-37,39,41H,5-25,38H2,1-4H3. The topological polar surface area (TPSA) is 35.5 Å². The average Bonchev–Trinajstić information content (AvgIpc) is 3.15. The second-order valence-electron chi connectivity index (χ2n) is 14.6. The van der Waals surface area contributed by atoms with E-state index in [1.54, 1.807) is 0 Å². The molecule has 0 aliphatic carbocycles. The number of unbranched alkanes of at least 4 members (excludes halogenated alkanes) is 16. The summed E-state index contributed by atoms with van der Waals surface area (Å²) in [6.45, 7) is 9.74. The molecule has 2 atom stereocenters. The van der Waals surface area contributed by atoms with Gasteiger partial charge in [0.05, 0.1) is 11.7 Å². The van der Waals surface area contributed by atoms with Crippen molar-refractivity contribution >= 4 is 5.97 Å². The van der Waals surface area contributed by atoms with Crippen molar-refractivity contribution in [1.29, 1.82) is 0 Å². The Hall–Kier alpha value is -2.91. The van der Waals surface area contributed by atoms with E-state index in [4.69, 9.17) is 9.47 Å². The van der Waals surface area contributed by atoms with Gasteiger partial charge in [-0.2, -0.15) is 0 Å². The Labute approximate surface area is 307 Å². The summed E-state index contributed by atoms with van der Waals surface area (Å²) < 4.78 is 11.9. The molecule has 0 aliphatic heterocycles. The normalized spacial score (nSPS) is 12.6. The van der Waals surface area contributed by atoms with Crippen molar-refractivity contribution in [1.82, 2.24) is 0 Å². The van der Waals surface area contributed by atoms with Gasteiger partial charge in [0.2, 0.25) is 0 Å². The van der Waals surface area contributed by atoms with Crippen LogP contribution in [-0.4, -0.2) is 12.6 Å². The Balaban J connectivity index is 1.28. The molecule has 0 aliphatic rings. The first-order valence-electron chi connectivity index (χ1n) is 20.7. The number of carbonyl (C=O) groups is 1. The van der Waals surface area contributed by atoms with E-state index < -0.39 is 0 Å². The Bertz CT molecular complexity index is 1260. The minimum atomic E-state index is -0.328. The van der Waals surface area contributed by atoms with Gasteiger partial charge in [-0.05, 0) is 78.6 Å². The zero-order valence-electron chi connectivity index (χ0n) is 32.4. The molecule has 0 fully saturated rings. The number of benzene rings is 3. The highest BCUT2D eigenvalue weighted by molar-refractivity contribution is 5.91. The highest BCUT2D eigenvalue weighted by atomic mass is 16.5. The van der Waals surface area contributed by atoms with Crippen molar-refractivity contribution in [3.05, 3.63) is 89.5 Å². The van der Waals surface area contributed by atoms with Gasteiger partial charge >= 0.3 is 5.97 Å². The van der Waals surface area contributed by atoms with Gasteiger partial charge < -0.3 is 9.47 Å². The maximum atomic E-state index is 12.9. The van der Waals surface area contributed by atoms with Crippen LogP contribution < -0.4 is 4.74 Å². The third-order valence-corrected chi connectivity index (χ3v) is 10.3. The summed E-state index contributed by atoms with van der Waals surface area (Å²) in [4.78, 5) is 12.9. The molecular formula is C47H70O3. The number of esters is 1. The van der Waals surface area contributed by atoms with Crippen LogP contribution in [0.4, 0.5) is 0 Å². The minimum absolute atomic E-state index is 0.0838. The van der Waals surface area contributed by atoms with Gasteiger partial charge in [0.1, 0.15) is 5.75 Å². The van der Waals surface area contributed by atoms with Gasteiger partial charge in [0.15, 0.2) is 0 Å². The van der Waals surface area contributed by atoms with E-state index in [0.29, 0.717) is 17.2 Å². The second-order valence-corrected chi connectivity index (χ2v) is 14.6. The van der Waals surface area contributed by atoms with Gasteiger partial charge in [-0.3, -0.25) is 0 Å². The highest BCUT2D eigenvalue weighted by Gasteiger charge is 2.13. The lowest BCUT2D eigenvalue weighted by Gasteiger charge is -2.16. The molecule has 0 spiro atoms. The third-order valence-electron chi connectivity index (χ3n) is 10.3. The van der Waals surface area contributed by atoms with Crippen molar-refractivity contribution in [2.75, 3.05) is 6.61 Å². The Kier molecular flexibility index (Phi) is 21.5. The van der Waals surface area contributed by atoms with Crippen LogP contribution in [0.3, 0.4) is 0 Å². The first kappa shape index (κ1) is 41.5. The fourth-order valence-corrected chi connectivity index (χ4v) is 7.00. The van der Waals surface area contributed by atoms with Crippen molar-refractivity contribution in [3.63, 3.8) is 0 Å². The summed E-state index contributed by atoms with van der Waals surface area (Å²) in [5.41, 5.74) is 5.29. The van der Waals surface area contributed by atoms with Crippen LogP contribution in [0.5, 0.6) is 5.75 Å². The molecule has 0 amide bonds. The van der Waals surface area contributed by atoms with Crippen molar-refractivity contribution < 1.29 is 14.3 Å². The number of hydrogen-bond donors (Lipinski definition) is 0. The fraction of sp³-hybridized carbons (Fsp3) is 0.596. The Morgan fingerprint density at radius 3 is 1.46 bits per heavy atom. The first-order valence-corrected chi connectivity index (χ1v) is 20.7. The molecule has 0 saturated heterocycles. The molecule has 0 aromatic heterocycles. The van der Waals surface area contributed by atoms with E-state index in [2.05, 4.69) is 64.1 Å². The summed E-state index contributed by atoms with van der Waals surface area (Å²) in [7, 11) is 0. The summed E-state index contributed by atoms with van der Waals surface area (Å²) in [6.07, 6.45) is 28.3. The van der Waals surface area contributed by atoms with E-state index in [1.165, 1.54) is 140 Å². The molecule has 3 rings (SSSR count). The van der Waals surface area contributed by atoms with Crippen LogP contribution in [0.15, 0.2) is 72.8 Å². The van der Waals surface area contributed by atoms with Crippen molar-refractivity contribution in [2.45, 2.75) is 175 Å². The second kappa shape index (κ2) is 26.0. The number of hydrogen-bond acceptors (Lipinski definition) is 3. The van der Waals surface area contributed by atoms with E-state index in [1.807, 2.05) is 36.4 Å². The van der Waals surface area contributed by atoms with Gasteiger partial charge in [-0.25, -0.2) is 4.79 Å². The van der Waals surface area contributed by atoms with E-state index in [0.717, 1.165) is 24.2 Å². The van der Waals surface area contributed by atoms with E-state index in [-0.39, 0.29) is 12.1 Å². The van der Waals surface area contributed by atoms with Crippen LogP contribution in [0.25, 0.3) is 11.1 Å². The molecule has 3 heteroatoms. The zero-order chi connectivity index (χ0) is 35.7. The SMILES string of the molecule is CCCCCCCCCCCCCCCCCCOC(C)c1ccc(-c2ccc(C(=O)Oc3ccc(C(CCC)CCCC)cc3)cc2)cc1. The van der Waals surface area contributed by atoms with Crippen LogP contribution in [0.1, 0.15) is 196 Å². The van der Waals surface area contributed by atoms with Gasteiger partial charge in [-0.1, -0.05) is 185 Å². The summed E-state index contributed by atoms with van der Waals surface area (Å²) in [5.74, 6) is 0.844. The number of carbonyl (C=O) groups excluding carboxylic acids is 1. The average molecular weight is 683 g/mol.